The lowest BCUT2D eigenvalue weighted by Gasteiger charge is -2.12. The first-order valence-electron chi connectivity index (χ1n) is 4.77. The van der Waals surface area contributed by atoms with Crippen LogP contribution in [0.5, 0.6) is 0 Å². The van der Waals surface area contributed by atoms with E-state index in [9.17, 15) is 4.79 Å². The first-order chi connectivity index (χ1) is 6.74. The van der Waals surface area contributed by atoms with Gasteiger partial charge in [-0.1, -0.05) is 26.0 Å². The van der Waals surface area contributed by atoms with Crippen LogP contribution in [0.4, 0.5) is 11.4 Å². The van der Waals surface area contributed by atoms with E-state index < -0.39 is 0 Å². The number of hydrogen-bond acceptors (Lipinski definition) is 2. The highest BCUT2D eigenvalue weighted by atomic mass is 16.1. The van der Waals surface area contributed by atoms with Crippen LogP contribution in [-0.2, 0) is 4.79 Å². The number of carbonyl (C=O) groups is 1. The van der Waals surface area contributed by atoms with Gasteiger partial charge in [0.05, 0.1) is 11.4 Å². The number of hydrogen-bond donors (Lipinski definition) is 2. The van der Waals surface area contributed by atoms with Crippen molar-refractivity contribution in [1.82, 2.24) is 0 Å². The molecular formula is C11H16N2O. The van der Waals surface area contributed by atoms with Gasteiger partial charge in [0.15, 0.2) is 0 Å². The van der Waals surface area contributed by atoms with E-state index >= 15 is 0 Å². The molecule has 76 valence electrons. The molecule has 0 aliphatic heterocycles. The Bertz CT molecular complexity index is 297. The summed E-state index contributed by atoms with van der Waals surface area (Å²) in [5.41, 5.74) is 1.79. The van der Waals surface area contributed by atoms with Crippen LogP contribution < -0.4 is 10.6 Å². The Morgan fingerprint density at radius 2 is 1.93 bits per heavy atom. The van der Waals surface area contributed by atoms with Crippen molar-refractivity contribution in [1.29, 1.82) is 0 Å². The molecule has 0 saturated carbocycles. The molecule has 0 aliphatic carbocycles. The van der Waals surface area contributed by atoms with Crippen molar-refractivity contribution in [2.75, 3.05) is 17.2 Å². The molecule has 14 heavy (non-hydrogen) atoms. The summed E-state index contributed by atoms with van der Waals surface area (Å²) in [6.07, 6.45) is 0.690. The Morgan fingerprint density at radius 1 is 1.29 bits per heavy atom. The average Bonchev–Trinajstić information content (AvgIpc) is 2.17. The number of anilines is 2. The highest BCUT2D eigenvalue weighted by Crippen LogP contribution is 2.20. The molecule has 0 spiro atoms. The van der Waals surface area contributed by atoms with Gasteiger partial charge >= 0.3 is 0 Å². The largest absolute Gasteiger partial charge is 0.383 e. The highest BCUT2D eigenvalue weighted by molar-refractivity contribution is 5.80. The van der Waals surface area contributed by atoms with Gasteiger partial charge in [-0.05, 0) is 18.1 Å². The minimum absolute atomic E-state index is 0.583. The molecule has 0 fully saturated rings. The van der Waals surface area contributed by atoms with Gasteiger partial charge in [-0.25, -0.2) is 0 Å². The van der Waals surface area contributed by atoms with Crippen molar-refractivity contribution < 1.29 is 4.79 Å². The second kappa shape index (κ2) is 5.27. The lowest BCUT2D eigenvalue weighted by atomic mass is 10.2. The van der Waals surface area contributed by atoms with Gasteiger partial charge in [0.1, 0.15) is 0 Å². The zero-order valence-electron chi connectivity index (χ0n) is 8.58. The molecule has 0 aromatic heterocycles. The maximum atomic E-state index is 10.3. The van der Waals surface area contributed by atoms with Crippen molar-refractivity contribution >= 4 is 17.8 Å². The zero-order chi connectivity index (χ0) is 10.4. The van der Waals surface area contributed by atoms with Crippen molar-refractivity contribution in [2.24, 2.45) is 5.92 Å². The van der Waals surface area contributed by atoms with E-state index in [-0.39, 0.29) is 0 Å². The summed E-state index contributed by atoms with van der Waals surface area (Å²) in [6.45, 7) is 5.18. The third-order valence-corrected chi connectivity index (χ3v) is 1.84. The van der Waals surface area contributed by atoms with Crippen LogP contribution in [0.2, 0.25) is 0 Å². The molecular weight excluding hydrogens is 176 g/mol. The standard InChI is InChI=1S/C11H16N2O/c1-9(2)7-12-10-5-3-4-6-11(10)13-8-14/h3-6,8-9,12H,7H2,1-2H3,(H,13,14). The smallest absolute Gasteiger partial charge is 0.211 e. The second-order valence-electron chi connectivity index (χ2n) is 3.58. The predicted molar refractivity (Wildman–Crippen MR) is 59.5 cm³/mol. The molecule has 0 saturated heterocycles. The second-order valence-corrected chi connectivity index (χ2v) is 3.58. The van der Waals surface area contributed by atoms with Crippen molar-refractivity contribution in [3.05, 3.63) is 24.3 Å². The van der Waals surface area contributed by atoms with Crippen molar-refractivity contribution in [3.8, 4) is 0 Å². The fourth-order valence-electron chi connectivity index (χ4n) is 1.14. The van der Waals surface area contributed by atoms with Crippen LogP contribution in [0.3, 0.4) is 0 Å². The van der Waals surface area contributed by atoms with Crippen LogP contribution in [0.15, 0.2) is 24.3 Å². The van der Waals surface area contributed by atoms with Gasteiger partial charge in [0, 0.05) is 6.54 Å². The molecule has 1 rings (SSSR count). The molecule has 3 nitrogen and oxygen atoms in total. The van der Waals surface area contributed by atoms with E-state index in [1.54, 1.807) is 0 Å². The summed E-state index contributed by atoms with van der Waals surface area (Å²) < 4.78 is 0. The molecule has 0 unspecified atom stereocenters. The van der Waals surface area contributed by atoms with Crippen LogP contribution in [0.1, 0.15) is 13.8 Å². The van der Waals surface area contributed by atoms with Gasteiger partial charge in [-0.2, -0.15) is 0 Å². The van der Waals surface area contributed by atoms with Gasteiger partial charge in [-0.15, -0.1) is 0 Å². The number of carbonyl (C=O) groups excluding carboxylic acids is 1. The Kier molecular flexibility index (Phi) is 3.98. The Balaban J connectivity index is 2.68. The SMILES string of the molecule is CC(C)CNc1ccccc1NC=O. The summed E-state index contributed by atoms with van der Waals surface area (Å²) in [5.74, 6) is 0.583. The summed E-state index contributed by atoms with van der Waals surface area (Å²) in [7, 11) is 0. The molecule has 0 aliphatic rings. The van der Waals surface area contributed by atoms with E-state index in [4.69, 9.17) is 0 Å². The highest BCUT2D eigenvalue weighted by Gasteiger charge is 2.00. The van der Waals surface area contributed by atoms with E-state index in [1.165, 1.54) is 0 Å². The lowest BCUT2D eigenvalue weighted by molar-refractivity contribution is -0.105. The lowest BCUT2D eigenvalue weighted by Crippen LogP contribution is -2.09. The number of benzene rings is 1. The summed E-state index contributed by atoms with van der Waals surface area (Å²) in [4.78, 5) is 10.3. The van der Waals surface area contributed by atoms with E-state index in [0.717, 1.165) is 17.9 Å². The monoisotopic (exact) mass is 192 g/mol. The maximum Gasteiger partial charge on any atom is 0.211 e. The maximum absolute atomic E-state index is 10.3. The molecule has 3 heteroatoms. The molecule has 0 radical (unpaired) electrons. The van der Waals surface area contributed by atoms with E-state index in [2.05, 4.69) is 24.5 Å². The van der Waals surface area contributed by atoms with Gasteiger partial charge in [0.2, 0.25) is 6.41 Å². The Morgan fingerprint density at radius 3 is 2.50 bits per heavy atom. The molecule has 0 bridgehead atoms. The van der Waals surface area contributed by atoms with Gasteiger partial charge in [0.25, 0.3) is 0 Å². The number of rotatable bonds is 5. The average molecular weight is 192 g/mol. The normalized spacial score (nSPS) is 9.93. The summed E-state index contributed by atoms with van der Waals surface area (Å²) in [6, 6.07) is 7.66. The van der Waals surface area contributed by atoms with Crippen LogP contribution in [0, 0.1) is 5.92 Å². The summed E-state index contributed by atoms with van der Waals surface area (Å²) in [5, 5.41) is 5.93. The fourth-order valence-corrected chi connectivity index (χ4v) is 1.14. The first-order valence-corrected chi connectivity index (χ1v) is 4.77. The molecule has 0 heterocycles. The molecule has 1 amide bonds. The quantitative estimate of drug-likeness (QED) is 0.703. The van der Waals surface area contributed by atoms with E-state index in [0.29, 0.717) is 12.3 Å². The van der Waals surface area contributed by atoms with Crippen molar-refractivity contribution in [3.63, 3.8) is 0 Å². The third kappa shape index (κ3) is 3.09. The summed E-state index contributed by atoms with van der Waals surface area (Å²) >= 11 is 0. The van der Waals surface area contributed by atoms with Gasteiger partial charge in [-0.3, -0.25) is 4.79 Å². The number of nitrogens with one attached hydrogen (secondary N) is 2. The molecule has 2 N–H and O–H groups in total. The Hall–Kier alpha value is -1.51. The Labute approximate surface area is 84.5 Å². The number of para-hydroxylation sites is 2. The van der Waals surface area contributed by atoms with Crippen LogP contribution in [0.25, 0.3) is 0 Å². The minimum Gasteiger partial charge on any atom is -0.383 e. The topological polar surface area (TPSA) is 41.1 Å². The molecule has 1 aromatic carbocycles. The van der Waals surface area contributed by atoms with E-state index in [1.807, 2.05) is 24.3 Å². The fraction of sp³-hybridized carbons (Fsp3) is 0.364. The number of amides is 1. The third-order valence-electron chi connectivity index (χ3n) is 1.84. The van der Waals surface area contributed by atoms with Gasteiger partial charge < -0.3 is 10.6 Å². The predicted octanol–water partition coefficient (Wildman–Crippen LogP) is 2.32. The molecule has 0 atom stereocenters. The molecule has 1 aromatic rings. The van der Waals surface area contributed by atoms with Crippen LogP contribution >= 0.6 is 0 Å². The van der Waals surface area contributed by atoms with Crippen molar-refractivity contribution in [2.45, 2.75) is 13.8 Å². The first kappa shape index (κ1) is 10.6. The van der Waals surface area contributed by atoms with Crippen LogP contribution in [-0.4, -0.2) is 13.0 Å². The minimum atomic E-state index is 0.583. The zero-order valence-corrected chi connectivity index (χ0v) is 8.58.